The number of nitrogens with zero attached hydrogens (tertiary/aromatic N) is 2. The number of hydrogen-bond acceptors (Lipinski definition) is 9. The van der Waals surface area contributed by atoms with Crippen LogP contribution in [0.15, 0.2) is 145 Å². The third-order valence-corrected chi connectivity index (χ3v) is 15.3. The highest BCUT2D eigenvalue weighted by molar-refractivity contribution is 6.03. The van der Waals surface area contributed by atoms with Gasteiger partial charge in [-0.3, -0.25) is 9.59 Å². The van der Waals surface area contributed by atoms with Gasteiger partial charge in [-0.2, -0.15) is 0 Å². The number of ether oxygens (including phenoxy) is 3. The van der Waals surface area contributed by atoms with Gasteiger partial charge in [0.15, 0.2) is 0 Å². The Morgan fingerprint density at radius 3 is 2.40 bits per heavy atom. The zero-order chi connectivity index (χ0) is 48.3. The van der Waals surface area contributed by atoms with E-state index in [-0.39, 0.29) is 50.1 Å². The van der Waals surface area contributed by atoms with Crippen LogP contribution < -0.4 is 9.47 Å². The predicted molar refractivity (Wildman–Crippen MR) is 274 cm³/mol. The van der Waals surface area contributed by atoms with Crippen molar-refractivity contribution in [1.82, 2.24) is 4.90 Å². The average molecular weight is 945 g/mol. The van der Waals surface area contributed by atoms with E-state index in [2.05, 4.69) is 60.0 Å². The zero-order valence-corrected chi connectivity index (χ0v) is 40.3. The van der Waals surface area contributed by atoms with Crippen LogP contribution >= 0.6 is 0 Å². The van der Waals surface area contributed by atoms with E-state index in [9.17, 15) is 15.0 Å². The first kappa shape index (κ1) is 48.9. The van der Waals surface area contributed by atoms with Crippen molar-refractivity contribution in [3.05, 3.63) is 162 Å². The van der Waals surface area contributed by atoms with Crippen LogP contribution in [0.25, 0.3) is 10.8 Å². The number of allylic oxidation sites excluding steroid dienone is 1. The molecule has 2 fully saturated rings. The number of rotatable bonds is 23. The van der Waals surface area contributed by atoms with Crippen LogP contribution in [0, 0.1) is 23.7 Å². The Morgan fingerprint density at radius 2 is 1.60 bits per heavy atom. The number of unbranched alkanes of at least 4 members (excludes halogenated alkanes) is 2. The lowest BCUT2D eigenvalue weighted by Crippen LogP contribution is -2.70. The van der Waals surface area contributed by atoms with Crippen LogP contribution in [0.2, 0.25) is 0 Å². The summed E-state index contributed by atoms with van der Waals surface area (Å²) in [4.78, 5) is 35.8. The van der Waals surface area contributed by atoms with Gasteiger partial charge in [0.25, 0.3) is 0 Å². The summed E-state index contributed by atoms with van der Waals surface area (Å²) in [6.45, 7) is 5.10. The molecule has 366 valence electrons. The van der Waals surface area contributed by atoms with Crippen LogP contribution in [-0.4, -0.2) is 64.7 Å². The Kier molecular flexibility index (Phi) is 16.2. The molecule has 0 aromatic heterocycles. The normalized spacial score (nSPS) is 23.2. The summed E-state index contributed by atoms with van der Waals surface area (Å²) in [5.41, 5.74) is 5.23. The topological polar surface area (TPSA) is 127 Å². The average Bonchev–Trinajstić information content (AvgIpc) is 3.92. The molecule has 0 saturated heterocycles. The minimum atomic E-state index is -1.41. The summed E-state index contributed by atoms with van der Waals surface area (Å²) in [6.07, 6.45) is 15.8. The van der Waals surface area contributed by atoms with E-state index in [4.69, 9.17) is 24.2 Å². The third kappa shape index (κ3) is 10.8. The number of aldehydes is 1. The van der Waals surface area contributed by atoms with Gasteiger partial charge in [0.1, 0.15) is 36.2 Å². The second-order valence-electron chi connectivity index (χ2n) is 19.7. The van der Waals surface area contributed by atoms with Crippen LogP contribution in [0.3, 0.4) is 0 Å². The lowest BCUT2D eigenvalue weighted by molar-refractivity contribution is -0.258. The molecule has 0 radical (unpaired) electrons. The molecule has 0 spiro atoms. The van der Waals surface area contributed by atoms with E-state index in [1.165, 1.54) is 12.8 Å². The molecular weight excluding hydrogens is 877 g/mol. The lowest BCUT2D eigenvalue weighted by atomic mass is 9.55. The zero-order valence-electron chi connectivity index (χ0n) is 40.3. The van der Waals surface area contributed by atoms with Crippen molar-refractivity contribution < 1.29 is 38.9 Å². The SMILES string of the molecule is C=CCO[C@@]12Oc3ccc(Oc4cccc(C=O)c4)cc3[C@H]3[C@H](CCCCO)[C@@H](CCCCO)C=C(C(=NOCc4ccccc4)C[C@@H]1N(Cc1cccc4ccccc14)C(=O)CCC1CCCC1)[C@H]32. The van der Waals surface area contributed by atoms with Gasteiger partial charge < -0.3 is 34.2 Å². The van der Waals surface area contributed by atoms with Gasteiger partial charge >= 0.3 is 0 Å². The van der Waals surface area contributed by atoms with Gasteiger partial charge in [-0.1, -0.05) is 141 Å². The number of aliphatic hydroxyl groups excluding tert-OH is 2. The number of amides is 1. The molecule has 1 aliphatic heterocycles. The van der Waals surface area contributed by atoms with Gasteiger partial charge in [-0.15, -0.1) is 6.58 Å². The van der Waals surface area contributed by atoms with Gasteiger partial charge in [0, 0.05) is 49.6 Å². The molecular formula is C60H68N2O8. The van der Waals surface area contributed by atoms with E-state index in [1.54, 1.807) is 24.3 Å². The summed E-state index contributed by atoms with van der Waals surface area (Å²) in [5.74, 6) is 0.338. The van der Waals surface area contributed by atoms with Crippen molar-refractivity contribution in [3.63, 3.8) is 0 Å². The molecule has 1 amide bonds. The molecule has 10 nitrogen and oxygen atoms in total. The van der Waals surface area contributed by atoms with E-state index in [0.29, 0.717) is 61.0 Å². The first-order chi connectivity index (χ1) is 34.4. The fraction of sp³-hybridized carbons (Fsp3) is 0.417. The van der Waals surface area contributed by atoms with Crippen LogP contribution in [0.5, 0.6) is 17.2 Å². The molecule has 0 unspecified atom stereocenters. The first-order valence-electron chi connectivity index (χ1n) is 25.7. The van der Waals surface area contributed by atoms with Crippen molar-refractivity contribution in [2.75, 3.05) is 19.8 Å². The Morgan fingerprint density at radius 1 is 0.843 bits per heavy atom. The minimum absolute atomic E-state index is 0.0387. The number of benzene rings is 5. The van der Waals surface area contributed by atoms with Gasteiger partial charge in [-0.05, 0) is 108 Å². The van der Waals surface area contributed by atoms with Crippen LogP contribution in [0.1, 0.15) is 116 Å². The number of hydrogen-bond donors (Lipinski definition) is 2. The summed E-state index contributed by atoms with van der Waals surface area (Å²) < 4.78 is 21.5. The highest BCUT2D eigenvalue weighted by atomic mass is 16.7. The second kappa shape index (κ2) is 23.2. The molecule has 1 heterocycles. The second-order valence-corrected chi connectivity index (χ2v) is 19.7. The largest absolute Gasteiger partial charge is 0.459 e. The number of oxime groups is 1. The number of carbonyl (C=O) groups is 2. The lowest BCUT2D eigenvalue weighted by Gasteiger charge is -2.60. The Hall–Kier alpha value is -6.07. The summed E-state index contributed by atoms with van der Waals surface area (Å²) in [7, 11) is 0. The van der Waals surface area contributed by atoms with Crippen molar-refractivity contribution >= 4 is 28.7 Å². The molecule has 3 aliphatic carbocycles. The highest BCUT2D eigenvalue weighted by Gasteiger charge is 2.65. The molecule has 4 aliphatic rings. The van der Waals surface area contributed by atoms with Crippen LogP contribution in [0.4, 0.5) is 0 Å². The van der Waals surface area contributed by atoms with Gasteiger partial charge in [-0.25, -0.2) is 0 Å². The Labute approximate surface area is 413 Å². The molecule has 9 rings (SSSR count). The van der Waals surface area contributed by atoms with Crippen molar-refractivity contribution in [2.24, 2.45) is 28.8 Å². The fourth-order valence-electron chi connectivity index (χ4n) is 12.0. The van der Waals surface area contributed by atoms with E-state index in [0.717, 1.165) is 90.0 Å². The Balaban J connectivity index is 1.25. The quantitative estimate of drug-likeness (QED) is 0.0287. The molecule has 5 aromatic rings. The van der Waals surface area contributed by atoms with Gasteiger partial charge in [0.2, 0.25) is 11.7 Å². The van der Waals surface area contributed by atoms with Crippen molar-refractivity contribution in [3.8, 4) is 17.2 Å². The standard InChI is InChI=1S/C60H68N2O8/c1-2-34-67-60-56(62(57(66)31-28-42-16-6-7-17-42)39-47-24-15-23-45-21-8-9-26-50(45)47)38-54(61-68-41-43-18-4-3-5-19-43)52-36-46(22-10-12-32-63)51(27-11-13-33-64)58(59(52)60)53-37-49(29-30-55(53)70-60)69-48-25-14-20-44(35-48)40-65/h2-5,8-9,14-15,18-21,23-26,29-30,35-37,40,42,46,51,56,58-59,63-64H,1,6-7,10-13,16-17,22,27-28,31-34,38-39,41H2/t46-,51+,56-,58+,59+,60+/m0/s1. The highest BCUT2D eigenvalue weighted by Crippen LogP contribution is 2.62. The van der Waals surface area contributed by atoms with Crippen LogP contribution in [-0.2, 0) is 27.5 Å². The van der Waals surface area contributed by atoms with Crippen molar-refractivity contribution in [1.29, 1.82) is 0 Å². The summed E-state index contributed by atoms with van der Waals surface area (Å²) in [6, 6.07) is 37.1. The fourth-order valence-corrected chi connectivity index (χ4v) is 12.0. The predicted octanol–water partition coefficient (Wildman–Crippen LogP) is 12.3. The van der Waals surface area contributed by atoms with Gasteiger partial charge in [0.05, 0.1) is 18.2 Å². The molecule has 2 saturated carbocycles. The number of aliphatic hydroxyl groups is 2. The molecule has 70 heavy (non-hydrogen) atoms. The summed E-state index contributed by atoms with van der Waals surface area (Å²) >= 11 is 0. The van der Waals surface area contributed by atoms with Crippen molar-refractivity contribution in [2.45, 2.75) is 114 Å². The smallest absolute Gasteiger partial charge is 0.239 e. The maximum absolute atomic E-state index is 15.6. The molecule has 10 heteroatoms. The maximum atomic E-state index is 15.6. The third-order valence-electron chi connectivity index (χ3n) is 15.3. The maximum Gasteiger partial charge on any atom is 0.239 e. The van der Waals surface area contributed by atoms with E-state index < -0.39 is 17.7 Å². The number of fused-ring (bicyclic) bond motifs is 3. The minimum Gasteiger partial charge on any atom is -0.459 e. The Bertz CT molecular complexity index is 2630. The monoisotopic (exact) mass is 944 g/mol. The summed E-state index contributed by atoms with van der Waals surface area (Å²) in [5, 5.41) is 27.5. The molecule has 0 bridgehead atoms. The molecule has 5 aromatic carbocycles. The van der Waals surface area contributed by atoms with E-state index in [1.807, 2.05) is 54.6 Å². The number of carbonyl (C=O) groups excluding carboxylic acids is 2. The van der Waals surface area contributed by atoms with E-state index >= 15 is 4.79 Å². The molecule has 2 N–H and O–H groups in total. The molecule has 6 atom stereocenters. The first-order valence-corrected chi connectivity index (χ1v) is 25.7.